The normalized spacial score (nSPS) is 10.3. The van der Waals surface area contributed by atoms with Crippen LogP contribution >= 0.6 is 0 Å². The van der Waals surface area contributed by atoms with Gasteiger partial charge in [0.2, 0.25) is 0 Å². The van der Waals surface area contributed by atoms with Crippen LogP contribution in [0, 0.1) is 0 Å². The summed E-state index contributed by atoms with van der Waals surface area (Å²) in [4.78, 5) is 50.2. The quantitative estimate of drug-likeness (QED) is 0.107. The van der Waals surface area contributed by atoms with Gasteiger partial charge in [-0.2, -0.15) is 0 Å². The summed E-state index contributed by atoms with van der Waals surface area (Å²) in [7, 11) is 0. The van der Waals surface area contributed by atoms with E-state index in [0.717, 1.165) is 0 Å². The first-order chi connectivity index (χ1) is 23.1. The first-order valence-corrected chi connectivity index (χ1v) is 14.9. The Balaban J connectivity index is 0.000000188. The lowest BCUT2D eigenvalue weighted by molar-refractivity contribution is 0.102. The van der Waals surface area contributed by atoms with Gasteiger partial charge in [0, 0.05) is 67.3 Å². The summed E-state index contributed by atoms with van der Waals surface area (Å²) in [5.74, 6) is -0.655. The van der Waals surface area contributed by atoms with Gasteiger partial charge in [0.1, 0.15) is 0 Å². The SMILES string of the molecule is Nc1ccc(C(=O)c2cccc(C(=O)c3ccc(N)cc3)c2)cc1.Nc1cccc(C(=O)c2cccc(C(=O)c3cccc(N)c3)c2)c1. The molecule has 0 amide bonds. The number of benzene rings is 6. The third kappa shape index (κ3) is 7.88. The zero-order chi connectivity index (χ0) is 34.2. The van der Waals surface area contributed by atoms with Crippen LogP contribution in [0.4, 0.5) is 22.7 Å². The highest BCUT2D eigenvalue weighted by atomic mass is 16.1. The Bertz CT molecular complexity index is 1990. The highest BCUT2D eigenvalue weighted by Crippen LogP contribution is 2.19. The summed E-state index contributed by atoms with van der Waals surface area (Å²) in [5, 5.41) is 0. The fourth-order valence-electron chi connectivity index (χ4n) is 4.90. The second kappa shape index (κ2) is 14.5. The van der Waals surface area contributed by atoms with Crippen LogP contribution in [0.2, 0.25) is 0 Å². The van der Waals surface area contributed by atoms with Gasteiger partial charge < -0.3 is 22.9 Å². The molecule has 0 fully saturated rings. The predicted octanol–water partition coefficient (Wildman–Crippen LogP) is 6.63. The van der Waals surface area contributed by atoms with E-state index in [2.05, 4.69) is 0 Å². The Morgan fingerprint density at radius 3 is 0.812 bits per heavy atom. The van der Waals surface area contributed by atoms with E-state index >= 15 is 0 Å². The Kier molecular flexibility index (Phi) is 9.87. The molecule has 6 aromatic carbocycles. The number of anilines is 4. The van der Waals surface area contributed by atoms with Crippen molar-refractivity contribution in [2.75, 3.05) is 22.9 Å². The second-order valence-corrected chi connectivity index (χ2v) is 11.0. The molecular formula is C40H32N4O4. The third-order valence-electron chi connectivity index (χ3n) is 7.42. The number of nitrogen functional groups attached to an aromatic ring is 4. The van der Waals surface area contributed by atoms with Crippen molar-refractivity contribution in [1.82, 2.24) is 0 Å². The molecule has 8 nitrogen and oxygen atoms in total. The zero-order valence-corrected chi connectivity index (χ0v) is 25.8. The van der Waals surface area contributed by atoms with Gasteiger partial charge in [-0.3, -0.25) is 19.2 Å². The lowest BCUT2D eigenvalue weighted by Crippen LogP contribution is -2.06. The number of hydrogen-bond acceptors (Lipinski definition) is 8. The van der Waals surface area contributed by atoms with Gasteiger partial charge in [-0.15, -0.1) is 0 Å². The second-order valence-electron chi connectivity index (χ2n) is 11.0. The Morgan fingerprint density at radius 1 is 0.271 bits per heavy atom. The smallest absolute Gasteiger partial charge is 0.193 e. The van der Waals surface area contributed by atoms with Crippen LogP contribution in [0.5, 0.6) is 0 Å². The minimum absolute atomic E-state index is 0.151. The van der Waals surface area contributed by atoms with Crippen molar-refractivity contribution in [3.8, 4) is 0 Å². The predicted molar refractivity (Wildman–Crippen MR) is 190 cm³/mol. The molecule has 0 bridgehead atoms. The number of ketones is 4. The molecule has 8 N–H and O–H groups in total. The molecule has 0 radical (unpaired) electrons. The monoisotopic (exact) mass is 632 g/mol. The van der Waals surface area contributed by atoms with Crippen LogP contribution in [0.25, 0.3) is 0 Å². The van der Waals surface area contributed by atoms with Gasteiger partial charge in [-0.25, -0.2) is 0 Å². The zero-order valence-electron chi connectivity index (χ0n) is 25.8. The molecule has 0 saturated heterocycles. The summed E-state index contributed by atoms with van der Waals surface area (Å²) >= 11 is 0. The Morgan fingerprint density at radius 2 is 0.521 bits per heavy atom. The molecule has 8 heteroatoms. The van der Waals surface area contributed by atoms with Crippen molar-refractivity contribution >= 4 is 45.9 Å². The topological polar surface area (TPSA) is 172 Å². The van der Waals surface area contributed by atoms with Crippen molar-refractivity contribution in [2.45, 2.75) is 0 Å². The number of rotatable bonds is 8. The standard InChI is InChI=1S/2C20H16N2O2/c21-17-8-2-6-15(11-17)19(23)13-4-1-5-14(10-13)20(24)16-7-3-9-18(22)12-16;21-17-8-4-13(5-9-17)19(23)15-2-1-3-16(12-15)20(24)14-6-10-18(22)11-7-14/h2*1-12H,21-22H2. The highest BCUT2D eigenvalue weighted by Gasteiger charge is 2.15. The Hall–Kier alpha value is -6.80. The van der Waals surface area contributed by atoms with Crippen LogP contribution in [-0.2, 0) is 0 Å². The molecular weight excluding hydrogens is 600 g/mol. The van der Waals surface area contributed by atoms with Crippen LogP contribution in [0.15, 0.2) is 146 Å². The molecule has 6 aromatic rings. The van der Waals surface area contributed by atoms with Crippen LogP contribution < -0.4 is 22.9 Å². The molecule has 0 saturated carbocycles. The van der Waals surface area contributed by atoms with Crippen LogP contribution in [0.3, 0.4) is 0 Å². The average molecular weight is 633 g/mol. The van der Waals surface area contributed by atoms with Crippen LogP contribution in [0.1, 0.15) is 63.7 Å². The summed E-state index contributed by atoms with van der Waals surface area (Å²) in [6, 6.07) is 40.3. The molecule has 0 heterocycles. The Labute approximate surface area is 277 Å². The fraction of sp³-hybridized carbons (Fsp3) is 0. The lowest BCUT2D eigenvalue weighted by Gasteiger charge is -2.06. The highest BCUT2D eigenvalue weighted by molar-refractivity contribution is 6.14. The van der Waals surface area contributed by atoms with Crippen LogP contribution in [-0.4, -0.2) is 23.1 Å². The van der Waals surface area contributed by atoms with E-state index in [1.807, 2.05) is 0 Å². The van der Waals surface area contributed by atoms with Gasteiger partial charge >= 0.3 is 0 Å². The van der Waals surface area contributed by atoms with Crippen molar-refractivity contribution < 1.29 is 19.2 Å². The van der Waals surface area contributed by atoms with Crippen molar-refractivity contribution in [1.29, 1.82) is 0 Å². The maximum atomic E-state index is 12.6. The van der Waals surface area contributed by atoms with Gasteiger partial charge in [-0.05, 0) is 84.9 Å². The van der Waals surface area contributed by atoms with E-state index in [9.17, 15) is 19.2 Å². The van der Waals surface area contributed by atoms with Gasteiger partial charge in [0.05, 0.1) is 0 Å². The number of carbonyl (C=O) groups excluding carboxylic acids is 4. The molecule has 0 aliphatic rings. The minimum Gasteiger partial charge on any atom is -0.399 e. The average Bonchev–Trinajstić information content (AvgIpc) is 3.11. The molecule has 0 unspecified atom stereocenters. The first kappa shape index (κ1) is 32.6. The largest absolute Gasteiger partial charge is 0.399 e. The molecule has 0 aromatic heterocycles. The van der Waals surface area contributed by atoms with Crippen molar-refractivity contribution in [3.05, 3.63) is 190 Å². The number of nitrogens with two attached hydrogens (primary N) is 4. The van der Waals surface area contributed by atoms with Gasteiger partial charge in [0.25, 0.3) is 0 Å². The van der Waals surface area contributed by atoms with Crippen molar-refractivity contribution in [3.63, 3.8) is 0 Å². The molecule has 0 spiro atoms. The molecule has 0 atom stereocenters. The fourth-order valence-corrected chi connectivity index (χ4v) is 4.90. The van der Waals surface area contributed by atoms with E-state index < -0.39 is 0 Å². The first-order valence-electron chi connectivity index (χ1n) is 14.9. The summed E-state index contributed by atoms with van der Waals surface area (Å²) in [5.41, 5.74) is 28.8. The van der Waals surface area contributed by atoms with E-state index in [1.54, 1.807) is 146 Å². The summed E-state index contributed by atoms with van der Waals surface area (Å²) in [6.45, 7) is 0. The van der Waals surface area contributed by atoms with Gasteiger partial charge in [0.15, 0.2) is 23.1 Å². The summed E-state index contributed by atoms with van der Waals surface area (Å²) in [6.07, 6.45) is 0. The van der Waals surface area contributed by atoms with Gasteiger partial charge in [-0.1, -0.05) is 60.7 Å². The van der Waals surface area contributed by atoms with Crippen molar-refractivity contribution in [2.24, 2.45) is 0 Å². The summed E-state index contributed by atoms with van der Waals surface area (Å²) < 4.78 is 0. The van der Waals surface area contributed by atoms with E-state index in [-0.39, 0.29) is 23.1 Å². The molecule has 0 aliphatic heterocycles. The molecule has 48 heavy (non-hydrogen) atoms. The molecule has 0 aliphatic carbocycles. The maximum Gasteiger partial charge on any atom is 0.193 e. The molecule has 236 valence electrons. The van der Waals surface area contributed by atoms with E-state index in [1.165, 1.54) is 0 Å². The number of carbonyl (C=O) groups is 4. The lowest BCUT2D eigenvalue weighted by atomic mass is 9.97. The number of hydrogen-bond donors (Lipinski definition) is 4. The minimum atomic E-state index is -0.176. The van der Waals surface area contributed by atoms with E-state index in [0.29, 0.717) is 67.3 Å². The maximum absolute atomic E-state index is 12.6. The molecule has 6 rings (SSSR count). The van der Waals surface area contributed by atoms with E-state index in [4.69, 9.17) is 22.9 Å². The third-order valence-corrected chi connectivity index (χ3v) is 7.42.